The summed E-state index contributed by atoms with van der Waals surface area (Å²) in [6, 6.07) is 0. The maximum atomic E-state index is 13.6. The van der Waals surface area contributed by atoms with Crippen LogP contribution in [0.4, 0.5) is 0 Å². The second-order valence-electron chi connectivity index (χ2n) is 11.4. The van der Waals surface area contributed by atoms with E-state index in [1.165, 1.54) is 6.92 Å². The van der Waals surface area contributed by atoms with Gasteiger partial charge in [-0.2, -0.15) is 0 Å². The Morgan fingerprint density at radius 1 is 1.20 bits per heavy atom. The fourth-order valence-corrected chi connectivity index (χ4v) is 7.85. The fraction of sp³-hybridized carbons (Fsp3) is 0.714. The van der Waals surface area contributed by atoms with Crippen molar-refractivity contribution in [1.82, 2.24) is 0 Å². The summed E-state index contributed by atoms with van der Waals surface area (Å²) >= 11 is 0. The number of fused-ring (bicyclic) bond motifs is 5. The summed E-state index contributed by atoms with van der Waals surface area (Å²) in [4.78, 5) is 50.0. The number of allylic oxidation sites excluding steroid dienone is 4. The van der Waals surface area contributed by atoms with Crippen molar-refractivity contribution in [3.8, 4) is 0 Å². The molecule has 4 aliphatic rings. The van der Waals surface area contributed by atoms with E-state index < -0.39 is 46.9 Å². The Morgan fingerprint density at radius 3 is 2.63 bits per heavy atom. The van der Waals surface area contributed by atoms with Crippen molar-refractivity contribution in [2.75, 3.05) is 6.61 Å². The van der Waals surface area contributed by atoms with Crippen LogP contribution in [0.2, 0.25) is 0 Å². The molecule has 0 aliphatic heterocycles. The molecule has 0 radical (unpaired) electrons. The van der Waals surface area contributed by atoms with Gasteiger partial charge in [0.15, 0.2) is 18.0 Å². The van der Waals surface area contributed by atoms with Crippen LogP contribution in [0, 0.1) is 28.6 Å². The summed E-state index contributed by atoms with van der Waals surface area (Å²) in [5, 5.41) is 11.6. The van der Waals surface area contributed by atoms with Crippen molar-refractivity contribution in [2.24, 2.45) is 28.6 Å². The largest absolute Gasteiger partial charge is 0.458 e. The Hall–Kier alpha value is -2.28. The van der Waals surface area contributed by atoms with E-state index in [9.17, 15) is 24.3 Å². The number of ketones is 2. The van der Waals surface area contributed by atoms with Crippen molar-refractivity contribution in [1.29, 1.82) is 0 Å². The molecule has 0 bridgehead atoms. The summed E-state index contributed by atoms with van der Waals surface area (Å²) in [5.74, 6) is -1.31. The van der Waals surface area contributed by atoms with Crippen LogP contribution < -0.4 is 0 Å². The van der Waals surface area contributed by atoms with Crippen LogP contribution in [0.25, 0.3) is 0 Å². The lowest BCUT2D eigenvalue weighted by molar-refractivity contribution is -0.201. The zero-order chi connectivity index (χ0) is 25.6. The lowest BCUT2D eigenvalue weighted by atomic mass is 9.46. The van der Waals surface area contributed by atoms with E-state index in [1.54, 1.807) is 12.2 Å². The quantitative estimate of drug-likeness (QED) is 0.544. The lowest BCUT2D eigenvalue weighted by Crippen LogP contribution is -2.63. The number of rotatable bonds is 7. The maximum Gasteiger partial charge on any atom is 0.306 e. The summed E-state index contributed by atoms with van der Waals surface area (Å²) in [7, 11) is 0. The van der Waals surface area contributed by atoms with Gasteiger partial charge >= 0.3 is 11.9 Å². The number of ether oxygens (including phenoxy) is 2. The summed E-state index contributed by atoms with van der Waals surface area (Å²) < 4.78 is 11.1. The molecule has 3 fully saturated rings. The average molecular weight is 487 g/mol. The van der Waals surface area contributed by atoms with Crippen LogP contribution in [-0.4, -0.2) is 46.9 Å². The third kappa shape index (κ3) is 4.09. The van der Waals surface area contributed by atoms with Gasteiger partial charge in [0.05, 0.1) is 6.10 Å². The van der Waals surface area contributed by atoms with E-state index in [1.807, 2.05) is 19.9 Å². The highest BCUT2D eigenvalue weighted by molar-refractivity contribution is 6.01. The van der Waals surface area contributed by atoms with Crippen molar-refractivity contribution in [2.45, 2.75) is 90.8 Å². The molecule has 0 aromatic heterocycles. The van der Waals surface area contributed by atoms with Crippen LogP contribution >= 0.6 is 0 Å². The van der Waals surface area contributed by atoms with E-state index in [0.717, 1.165) is 24.8 Å². The predicted octanol–water partition coefficient (Wildman–Crippen LogP) is 3.87. The number of esters is 2. The number of hydrogen-bond acceptors (Lipinski definition) is 7. The molecule has 0 amide bonds. The first-order valence-corrected chi connectivity index (χ1v) is 13.0. The molecular weight excluding hydrogens is 448 g/mol. The van der Waals surface area contributed by atoms with Crippen LogP contribution in [0.1, 0.15) is 79.1 Å². The Kier molecular flexibility index (Phi) is 6.86. The predicted molar refractivity (Wildman–Crippen MR) is 128 cm³/mol. The minimum absolute atomic E-state index is 0.0130. The molecular formula is C28H38O7. The summed E-state index contributed by atoms with van der Waals surface area (Å²) in [6.07, 6.45) is 9.17. The molecule has 3 saturated carbocycles. The molecule has 4 aliphatic carbocycles. The lowest BCUT2D eigenvalue weighted by Gasteiger charge is -2.59. The third-order valence-electron chi connectivity index (χ3n) is 9.50. The molecule has 5 unspecified atom stereocenters. The highest BCUT2D eigenvalue weighted by Gasteiger charge is 2.70. The van der Waals surface area contributed by atoms with Gasteiger partial charge in [-0.05, 0) is 62.5 Å². The van der Waals surface area contributed by atoms with Crippen molar-refractivity contribution in [3.63, 3.8) is 0 Å². The number of hydrogen-bond donors (Lipinski definition) is 1. The minimum atomic E-state index is -1.43. The molecule has 0 heterocycles. The second-order valence-corrected chi connectivity index (χ2v) is 11.4. The van der Waals surface area contributed by atoms with Crippen molar-refractivity contribution in [3.05, 3.63) is 23.8 Å². The first-order chi connectivity index (χ1) is 16.5. The molecule has 192 valence electrons. The van der Waals surface area contributed by atoms with E-state index >= 15 is 0 Å². The van der Waals surface area contributed by atoms with Gasteiger partial charge in [-0.15, -0.1) is 0 Å². The molecule has 0 aromatic carbocycles. The molecule has 0 saturated heterocycles. The Labute approximate surface area is 207 Å². The van der Waals surface area contributed by atoms with Gasteiger partial charge in [0, 0.05) is 30.1 Å². The highest BCUT2D eigenvalue weighted by atomic mass is 16.6. The van der Waals surface area contributed by atoms with E-state index in [-0.39, 0.29) is 30.0 Å². The molecule has 4 rings (SSSR count). The first kappa shape index (κ1) is 25.8. The van der Waals surface area contributed by atoms with Gasteiger partial charge in [-0.3, -0.25) is 19.2 Å². The number of unbranched alkanes of at least 4 members (excludes halogenated alkanes) is 1. The zero-order valence-electron chi connectivity index (χ0n) is 21.3. The van der Waals surface area contributed by atoms with E-state index in [0.29, 0.717) is 25.7 Å². The Balaban J connectivity index is 1.70. The Bertz CT molecular complexity index is 980. The van der Waals surface area contributed by atoms with Crippen LogP contribution in [-0.2, 0) is 28.7 Å². The van der Waals surface area contributed by atoms with E-state index in [2.05, 4.69) is 6.92 Å². The normalized spacial score (nSPS) is 39.7. The number of Topliss-reactive ketones (excluding diaryl/α,β-unsaturated/α-hetero) is 1. The van der Waals surface area contributed by atoms with Crippen LogP contribution in [0.15, 0.2) is 23.8 Å². The van der Waals surface area contributed by atoms with Gasteiger partial charge in [0.2, 0.25) is 5.78 Å². The van der Waals surface area contributed by atoms with Gasteiger partial charge in [-0.25, -0.2) is 0 Å². The SMILES string of the molecule is CCCCC(=O)O[C@]1(C(=O)COC(C)=O)CCC2C3CCC4=CC(=O)C=CC4(C)C3[C@@H](O)CC21C. The third-order valence-corrected chi connectivity index (χ3v) is 9.50. The van der Waals surface area contributed by atoms with Crippen molar-refractivity contribution >= 4 is 23.5 Å². The maximum absolute atomic E-state index is 13.6. The zero-order valence-corrected chi connectivity index (χ0v) is 21.3. The number of aliphatic hydroxyl groups is 1. The standard InChI is InChI=1S/C28H38O7/c1-5-6-7-24(33)35-28(23(32)16-34-17(2)29)13-11-21-20-9-8-18-14-19(30)10-12-26(18,3)25(20)22(31)15-27(21,28)4/h10,12,14,20-22,25,31H,5-9,11,13,15-16H2,1-4H3/t20?,21?,22-,25?,26?,27?,28-/m0/s1. The van der Waals surface area contributed by atoms with Crippen molar-refractivity contribution < 1.29 is 33.8 Å². The molecule has 7 nitrogen and oxygen atoms in total. The average Bonchev–Trinajstić information content (AvgIpc) is 3.08. The van der Waals surface area contributed by atoms with Gasteiger partial charge in [0.1, 0.15) is 0 Å². The number of carbonyl (C=O) groups excluding carboxylic acids is 4. The molecule has 0 aromatic rings. The summed E-state index contributed by atoms with van der Waals surface area (Å²) in [6.45, 7) is 6.86. The van der Waals surface area contributed by atoms with E-state index in [4.69, 9.17) is 9.47 Å². The molecule has 35 heavy (non-hydrogen) atoms. The molecule has 0 spiro atoms. The second kappa shape index (κ2) is 9.30. The van der Waals surface area contributed by atoms with Gasteiger partial charge in [0.25, 0.3) is 0 Å². The first-order valence-electron chi connectivity index (χ1n) is 13.0. The van der Waals surface area contributed by atoms with Gasteiger partial charge in [-0.1, -0.05) is 38.8 Å². The summed E-state index contributed by atoms with van der Waals surface area (Å²) in [5.41, 5.74) is -1.56. The Morgan fingerprint density at radius 2 is 1.94 bits per heavy atom. The number of carbonyl (C=O) groups is 4. The molecule has 1 N–H and O–H groups in total. The fourth-order valence-electron chi connectivity index (χ4n) is 7.85. The smallest absolute Gasteiger partial charge is 0.306 e. The molecule has 7 heteroatoms. The topological polar surface area (TPSA) is 107 Å². The van der Waals surface area contributed by atoms with Gasteiger partial charge < -0.3 is 14.6 Å². The number of aliphatic hydroxyl groups excluding tert-OH is 1. The van der Waals surface area contributed by atoms with Crippen LogP contribution in [0.5, 0.6) is 0 Å². The monoisotopic (exact) mass is 486 g/mol. The van der Waals surface area contributed by atoms with Crippen LogP contribution in [0.3, 0.4) is 0 Å². The minimum Gasteiger partial charge on any atom is -0.458 e. The highest BCUT2D eigenvalue weighted by Crippen LogP contribution is 2.67. The molecule has 7 atom stereocenters.